The average molecular weight is 329 g/mol. The fourth-order valence-electron chi connectivity index (χ4n) is 2.72. The van der Waals surface area contributed by atoms with E-state index in [1.54, 1.807) is 0 Å². The molecule has 2 heteroatoms. The van der Waals surface area contributed by atoms with E-state index in [4.69, 9.17) is 4.74 Å². The summed E-state index contributed by atoms with van der Waals surface area (Å²) in [4.78, 5) is 1.30. The second-order valence-corrected chi connectivity index (χ2v) is 7.70. The average Bonchev–Trinajstić information content (AvgIpc) is 2.58. The number of ether oxygens (including phenoxy) is 1. The minimum atomic E-state index is 0.112. The Labute approximate surface area is 145 Å². The summed E-state index contributed by atoms with van der Waals surface area (Å²) in [5.74, 6) is 0.972. The third kappa shape index (κ3) is 5.31. The smallest absolute Gasteiger partial charge is 0.119 e. The van der Waals surface area contributed by atoms with Crippen LogP contribution in [0.3, 0.4) is 0 Å². The summed E-state index contributed by atoms with van der Waals surface area (Å²) >= 11 is 1.95. The Balaban J connectivity index is 2.08. The lowest BCUT2D eigenvalue weighted by atomic mass is 9.95. The normalized spacial score (nSPS) is 13.5. The highest BCUT2D eigenvalue weighted by Gasteiger charge is 2.26. The van der Waals surface area contributed by atoms with Crippen molar-refractivity contribution in [3.8, 4) is 5.75 Å². The molecule has 1 nitrogen and oxygen atoms in total. The maximum atomic E-state index is 5.75. The predicted molar refractivity (Wildman–Crippen MR) is 101 cm³/mol. The second kappa shape index (κ2) is 9.02. The van der Waals surface area contributed by atoms with Gasteiger partial charge in [-0.15, -0.1) is 11.8 Å². The molecule has 124 valence electrons. The summed E-state index contributed by atoms with van der Waals surface area (Å²) in [6, 6.07) is 19.4. The Bertz CT molecular complexity index is 564. The van der Waals surface area contributed by atoms with E-state index < -0.39 is 0 Å². The van der Waals surface area contributed by atoms with Crippen LogP contribution in [0.5, 0.6) is 5.75 Å². The summed E-state index contributed by atoms with van der Waals surface area (Å²) in [7, 11) is 0. The first-order chi connectivity index (χ1) is 11.2. The molecule has 0 saturated carbocycles. The molecule has 0 heterocycles. The molecule has 0 aliphatic rings. The van der Waals surface area contributed by atoms with Crippen LogP contribution in [0, 0.1) is 0 Å². The van der Waals surface area contributed by atoms with Crippen molar-refractivity contribution < 1.29 is 4.74 Å². The van der Waals surface area contributed by atoms with Gasteiger partial charge in [-0.2, -0.15) is 0 Å². The molecule has 0 N–H and O–H groups in total. The van der Waals surface area contributed by atoms with Gasteiger partial charge in [-0.1, -0.05) is 57.0 Å². The number of unbranched alkanes of at least 4 members (excludes halogenated alkanes) is 1. The van der Waals surface area contributed by atoms with Crippen molar-refractivity contribution in [2.24, 2.45) is 0 Å². The monoisotopic (exact) mass is 328 g/mol. The standard InChI is InChI=1S/C21H28OS/c1-4-6-17-22-19-12-14-20(15-13-19)23-21(3,16-5-2)18-10-8-7-9-11-18/h7-15H,4-6,16-17H2,1-3H3/t21-/m1/s1. The number of rotatable bonds is 9. The van der Waals surface area contributed by atoms with Gasteiger partial charge in [-0.05, 0) is 49.6 Å². The molecule has 0 bridgehead atoms. The summed E-state index contributed by atoms with van der Waals surface area (Å²) in [6.07, 6.45) is 4.62. The minimum Gasteiger partial charge on any atom is -0.494 e. The molecular formula is C21H28OS. The highest BCUT2D eigenvalue weighted by atomic mass is 32.2. The van der Waals surface area contributed by atoms with Gasteiger partial charge < -0.3 is 4.74 Å². The van der Waals surface area contributed by atoms with Crippen molar-refractivity contribution >= 4 is 11.8 Å². The summed E-state index contributed by atoms with van der Waals surface area (Å²) in [5, 5.41) is 0. The molecule has 0 aliphatic heterocycles. The highest BCUT2D eigenvalue weighted by Crippen LogP contribution is 2.44. The molecule has 2 aromatic carbocycles. The van der Waals surface area contributed by atoms with Gasteiger partial charge in [0.25, 0.3) is 0 Å². The van der Waals surface area contributed by atoms with Gasteiger partial charge in [0.05, 0.1) is 6.61 Å². The van der Waals surface area contributed by atoms with Crippen LogP contribution in [0.2, 0.25) is 0 Å². The summed E-state index contributed by atoms with van der Waals surface area (Å²) in [6.45, 7) is 7.59. The van der Waals surface area contributed by atoms with Crippen LogP contribution < -0.4 is 4.74 Å². The van der Waals surface area contributed by atoms with E-state index in [2.05, 4.69) is 75.4 Å². The van der Waals surface area contributed by atoms with Gasteiger partial charge in [0.1, 0.15) is 5.75 Å². The Morgan fingerprint density at radius 2 is 1.61 bits per heavy atom. The van der Waals surface area contributed by atoms with Crippen molar-refractivity contribution in [1.82, 2.24) is 0 Å². The van der Waals surface area contributed by atoms with Crippen molar-refractivity contribution in [1.29, 1.82) is 0 Å². The number of hydrogen-bond donors (Lipinski definition) is 0. The summed E-state index contributed by atoms with van der Waals surface area (Å²) in [5.41, 5.74) is 1.40. The predicted octanol–water partition coefficient (Wildman–Crippen LogP) is 6.67. The molecular weight excluding hydrogens is 300 g/mol. The molecule has 0 fully saturated rings. The van der Waals surface area contributed by atoms with Crippen LogP contribution in [0.1, 0.15) is 52.0 Å². The quantitative estimate of drug-likeness (QED) is 0.375. The lowest BCUT2D eigenvalue weighted by molar-refractivity contribution is 0.309. The molecule has 0 aliphatic carbocycles. The van der Waals surface area contributed by atoms with Crippen molar-refractivity contribution in [2.75, 3.05) is 6.61 Å². The zero-order valence-corrected chi connectivity index (χ0v) is 15.4. The fourth-order valence-corrected chi connectivity index (χ4v) is 4.07. The third-order valence-corrected chi connectivity index (χ3v) is 5.44. The first-order valence-corrected chi connectivity index (χ1v) is 9.47. The van der Waals surface area contributed by atoms with Crippen molar-refractivity contribution in [3.63, 3.8) is 0 Å². The first kappa shape index (κ1) is 17.9. The molecule has 1 atom stereocenters. The van der Waals surface area contributed by atoms with Gasteiger partial charge in [-0.25, -0.2) is 0 Å². The Morgan fingerprint density at radius 1 is 0.913 bits per heavy atom. The zero-order valence-electron chi connectivity index (χ0n) is 14.5. The van der Waals surface area contributed by atoms with Gasteiger partial charge in [0.2, 0.25) is 0 Å². The molecule has 2 rings (SSSR count). The molecule has 2 aromatic rings. The lowest BCUT2D eigenvalue weighted by Gasteiger charge is -2.29. The maximum Gasteiger partial charge on any atom is 0.119 e. The van der Waals surface area contributed by atoms with Gasteiger partial charge in [0, 0.05) is 9.64 Å². The largest absolute Gasteiger partial charge is 0.494 e. The SMILES string of the molecule is CCCCOc1ccc(S[C@](C)(CCC)c2ccccc2)cc1. The van der Waals surface area contributed by atoms with E-state index in [0.717, 1.165) is 25.2 Å². The van der Waals surface area contributed by atoms with E-state index in [1.165, 1.54) is 23.3 Å². The van der Waals surface area contributed by atoms with Gasteiger partial charge in [-0.3, -0.25) is 0 Å². The van der Waals surface area contributed by atoms with Crippen LogP contribution in [0.15, 0.2) is 59.5 Å². The Morgan fingerprint density at radius 3 is 2.22 bits per heavy atom. The van der Waals surface area contributed by atoms with Crippen LogP contribution in [-0.2, 0) is 4.75 Å². The zero-order chi connectivity index (χ0) is 16.5. The molecule has 0 aromatic heterocycles. The Kier molecular flexibility index (Phi) is 7.04. The van der Waals surface area contributed by atoms with E-state index in [9.17, 15) is 0 Å². The van der Waals surface area contributed by atoms with Gasteiger partial charge in [0.15, 0.2) is 0 Å². The van der Waals surface area contributed by atoms with Crippen LogP contribution in [0.4, 0.5) is 0 Å². The molecule has 0 saturated heterocycles. The maximum absolute atomic E-state index is 5.75. The molecule has 0 spiro atoms. The Hall–Kier alpha value is -1.41. The van der Waals surface area contributed by atoms with Gasteiger partial charge >= 0.3 is 0 Å². The minimum absolute atomic E-state index is 0.112. The number of thioether (sulfide) groups is 1. The lowest BCUT2D eigenvalue weighted by Crippen LogP contribution is -2.16. The van der Waals surface area contributed by atoms with E-state index in [0.29, 0.717) is 0 Å². The van der Waals surface area contributed by atoms with E-state index in [1.807, 2.05) is 11.8 Å². The second-order valence-electron chi connectivity index (χ2n) is 6.12. The number of hydrogen-bond acceptors (Lipinski definition) is 2. The fraction of sp³-hybridized carbons (Fsp3) is 0.429. The molecule has 23 heavy (non-hydrogen) atoms. The van der Waals surface area contributed by atoms with E-state index in [-0.39, 0.29) is 4.75 Å². The first-order valence-electron chi connectivity index (χ1n) is 8.65. The van der Waals surface area contributed by atoms with Crippen LogP contribution in [-0.4, -0.2) is 6.61 Å². The van der Waals surface area contributed by atoms with Crippen molar-refractivity contribution in [2.45, 2.75) is 56.1 Å². The molecule has 0 unspecified atom stereocenters. The number of benzene rings is 2. The van der Waals surface area contributed by atoms with E-state index >= 15 is 0 Å². The summed E-state index contributed by atoms with van der Waals surface area (Å²) < 4.78 is 5.87. The highest BCUT2D eigenvalue weighted by molar-refractivity contribution is 8.00. The topological polar surface area (TPSA) is 9.23 Å². The van der Waals surface area contributed by atoms with Crippen LogP contribution >= 0.6 is 11.8 Å². The van der Waals surface area contributed by atoms with Crippen LogP contribution in [0.25, 0.3) is 0 Å². The molecule has 0 radical (unpaired) electrons. The van der Waals surface area contributed by atoms with Crippen molar-refractivity contribution in [3.05, 3.63) is 60.2 Å². The molecule has 0 amide bonds. The third-order valence-electron chi connectivity index (χ3n) is 4.04.